The van der Waals surface area contributed by atoms with E-state index >= 15 is 0 Å². The Labute approximate surface area is 96.0 Å². The first-order chi connectivity index (χ1) is 7.66. The summed E-state index contributed by atoms with van der Waals surface area (Å²) in [6.45, 7) is 2.75. The molecule has 1 aromatic carbocycles. The van der Waals surface area contributed by atoms with Crippen LogP contribution in [0.25, 0.3) is 0 Å². The number of hydrogen-bond donors (Lipinski definition) is 1. The second-order valence-electron chi connectivity index (χ2n) is 4.38. The summed E-state index contributed by atoms with van der Waals surface area (Å²) in [5.74, 6) is 0.285. The van der Waals surface area contributed by atoms with E-state index in [1.54, 1.807) is 19.2 Å². The molecule has 1 N–H and O–H groups in total. The van der Waals surface area contributed by atoms with E-state index < -0.39 is 0 Å². The van der Waals surface area contributed by atoms with Crippen LogP contribution in [0.2, 0.25) is 0 Å². The SMILES string of the molecule is COC1(c2cccc(O)c2)CCOC(C)C1. The van der Waals surface area contributed by atoms with Gasteiger partial charge in [0, 0.05) is 20.0 Å². The molecule has 2 unspecified atom stereocenters. The van der Waals surface area contributed by atoms with Crippen molar-refractivity contribution in [1.29, 1.82) is 0 Å². The van der Waals surface area contributed by atoms with Crippen molar-refractivity contribution in [2.45, 2.75) is 31.5 Å². The highest BCUT2D eigenvalue weighted by Crippen LogP contribution is 2.38. The number of hydrogen-bond acceptors (Lipinski definition) is 3. The molecule has 1 aliphatic rings. The van der Waals surface area contributed by atoms with Crippen molar-refractivity contribution in [1.82, 2.24) is 0 Å². The van der Waals surface area contributed by atoms with Gasteiger partial charge in [-0.05, 0) is 24.6 Å². The molecule has 16 heavy (non-hydrogen) atoms. The first kappa shape index (κ1) is 11.4. The number of phenolic OH excluding ortho intramolecular Hbond substituents is 1. The summed E-state index contributed by atoms with van der Waals surface area (Å²) in [5.41, 5.74) is 0.723. The molecule has 1 aliphatic heterocycles. The molecule has 1 fully saturated rings. The number of rotatable bonds is 2. The second kappa shape index (κ2) is 4.44. The quantitative estimate of drug-likeness (QED) is 0.835. The van der Waals surface area contributed by atoms with E-state index in [9.17, 15) is 5.11 Å². The van der Waals surface area contributed by atoms with Crippen molar-refractivity contribution in [3.8, 4) is 5.75 Å². The molecule has 3 nitrogen and oxygen atoms in total. The summed E-state index contributed by atoms with van der Waals surface area (Å²) in [4.78, 5) is 0. The van der Waals surface area contributed by atoms with E-state index in [4.69, 9.17) is 9.47 Å². The lowest BCUT2D eigenvalue weighted by Gasteiger charge is -2.39. The van der Waals surface area contributed by atoms with Crippen molar-refractivity contribution in [3.05, 3.63) is 29.8 Å². The Bertz CT molecular complexity index is 364. The van der Waals surface area contributed by atoms with E-state index in [0.717, 1.165) is 18.4 Å². The van der Waals surface area contributed by atoms with Crippen molar-refractivity contribution in [3.63, 3.8) is 0 Å². The maximum absolute atomic E-state index is 9.53. The lowest BCUT2D eigenvalue weighted by atomic mass is 9.83. The zero-order valence-electron chi connectivity index (χ0n) is 9.77. The Morgan fingerprint density at radius 2 is 2.31 bits per heavy atom. The third kappa shape index (κ3) is 2.06. The van der Waals surface area contributed by atoms with Crippen LogP contribution in [-0.4, -0.2) is 24.9 Å². The Morgan fingerprint density at radius 1 is 1.50 bits per heavy atom. The molecule has 2 rings (SSSR count). The molecular weight excluding hydrogens is 204 g/mol. The topological polar surface area (TPSA) is 38.7 Å². The molecule has 0 amide bonds. The van der Waals surface area contributed by atoms with Crippen LogP contribution in [0.3, 0.4) is 0 Å². The Morgan fingerprint density at radius 3 is 2.94 bits per heavy atom. The minimum Gasteiger partial charge on any atom is -0.508 e. The molecule has 0 bridgehead atoms. The molecule has 0 saturated carbocycles. The monoisotopic (exact) mass is 222 g/mol. The maximum Gasteiger partial charge on any atom is 0.115 e. The zero-order chi connectivity index (χ0) is 11.6. The number of benzene rings is 1. The van der Waals surface area contributed by atoms with Gasteiger partial charge in [0.25, 0.3) is 0 Å². The van der Waals surface area contributed by atoms with E-state index in [1.807, 2.05) is 12.1 Å². The van der Waals surface area contributed by atoms with Gasteiger partial charge in [-0.3, -0.25) is 0 Å². The molecule has 3 heteroatoms. The lowest BCUT2D eigenvalue weighted by molar-refractivity contribution is -0.122. The molecule has 0 aromatic heterocycles. The number of phenols is 1. The van der Waals surface area contributed by atoms with Crippen molar-refractivity contribution < 1.29 is 14.6 Å². The molecule has 88 valence electrons. The molecule has 1 aromatic rings. The van der Waals surface area contributed by atoms with Gasteiger partial charge >= 0.3 is 0 Å². The summed E-state index contributed by atoms with van der Waals surface area (Å²) >= 11 is 0. The fraction of sp³-hybridized carbons (Fsp3) is 0.538. The zero-order valence-corrected chi connectivity index (χ0v) is 9.77. The van der Waals surface area contributed by atoms with E-state index in [0.29, 0.717) is 6.61 Å². The maximum atomic E-state index is 9.53. The molecule has 0 aliphatic carbocycles. The smallest absolute Gasteiger partial charge is 0.115 e. The number of methoxy groups -OCH3 is 1. The van der Waals surface area contributed by atoms with Gasteiger partial charge in [0.2, 0.25) is 0 Å². The van der Waals surface area contributed by atoms with E-state index in [2.05, 4.69) is 6.92 Å². The Kier molecular flexibility index (Phi) is 3.17. The van der Waals surface area contributed by atoms with Crippen LogP contribution >= 0.6 is 0 Å². The Balaban J connectivity index is 2.33. The highest BCUT2D eigenvalue weighted by molar-refractivity contribution is 5.32. The summed E-state index contributed by atoms with van der Waals surface area (Å²) in [5, 5.41) is 9.53. The lowest BCUT2D eigenvalue weighted by Crippen LogP contribution is -2.39. The third-order valence-electron chi connectivity index (χ3n) is 3.29. The molecule has 0 spiro atoms. The van der Waals surface area contributed by atoms with Crippen LogP contribution in [0, 0.1) is 0 Å². The summed E-state index contributed by atoms with van der Waals surface area (Å²) in [6.07, 6.45) is 1.85. The first-order valence-electron chi connectivity index (χ1n) is 5.62. The van der Waals surface area contributed by atoms with Gasteiger partial charge in [-0.1, -0.05) is 12.1 Å². The van der Waals surface area contributed by atoms with Gasteiger partial charge in [0.05, 0.1) is 18.3 Å². The Hall–Kier alpha value is -1.06. The number of ether oxygens (including phenoxy) is 2. The van der Waals surface area contributed by atoms with Gasteiger partial charge in [-0.15, -0.1) is 0 Å². The van der Waals surface area contributed by atoms with Crippen molar-refractivity contribution in [2.75, 3.05) is 13.7 Å². The van der Waals surface area contributed by atoms with Gasteiger partial charge in [0.1, 0.15) is 5.75 Å². The van der Waals surface area contributed by atoms with E-state index in [1.165, 1.54) is 0 Å². The first-order valence-corrected chi connectivity index (χ1v) is 5.62. The van der Waals surface area contributed by atoms with Crippen LogP contribution in [0.1, 0.15) is 25.3 Å². The van der Waals surface area contributed by atoms with Crippen LogP contribution in [0.5, 0.6) is 5.75 Å². The van der Waals surface area contributed by atoms with Crippen molar-refractivity contribution in [2.24, 2.45) is 0 Å². The van der Waals surface area contributed by atoms with Crippen LogP contribution < -0.4 is 0 Å². The molecule has 2 atom stereocenters. The standard InChI is InChI=1S/C13H18O3/c1-10-9-13(15-2,6-7-16-10)11-4-3-5-12(14)8-11/h3-5,8,10,14H,6-7,9H2,1-2H3. The minimum atomic E-state index is -0.309. The van der Waals surface area contributed by atoms with Crippen molar-refractivity contribution >= 4 is 0 Å². The minimum absolute atomic E-state index is 0.191. The molecular formula is C13H18O3. The summed E-state index contributed by atoms with van der Waals surface area (Å²) in [7, 11) is 1.72. The largest absolute Gasteiger partial charge is 0.508 e. The molecule has 0 radical (unpaired) electrons. The second-order valence-corrected chi connectivity index (χ2v) is 4.38. The third-order valence-corrected chi connectivity index (χ3v) is 3.29. The fourth-order valence-corrected chi connectivity index (χ4v) is 2.41. The predicted octanol–water partition coefficient (Wildman–Crippen LogP) is 2.43. The van der Waals surface area contributed by atoms with Crippen LogP contribution in [-0.2, 0) is 15.1 Å². The predicted molar refractivity (Wildman–Crippen MR) is 61.4 cm³/mol. The average molecular weight is 222 g/mol. The summed E-state index contributed by atoms with van der Waals surface area (Å²) < 4.78 is 11.2. The van der Waals surface area contributed by atoms with Gasteiger partial charge in [-0.2, -0.15) is 0 Å². The normalized spacial score (nSPS) is 30.2. The van der Waals surface area contributed by atoms with Crippen LogP contribution in [0.4, 0.5) is 0 Å². The molecule has 1 saturated heterocycles. The van der Waals surface area contributed by atoms with Gasteiger partial charge in [-0.25, -0.2) is 0 Å². The highest BCUT2D eigenvalue weighted by atomic mass is 16.5. The highest BCUT2D eigenvalue weighted by Gasteiger charge is 2.37. The summed E-state index contributed by atoms with van der Waals surface area (Å²) in [6, 6.07) is 7.31. The average Bonchev–Trinajstić information content (AvgIpc) is 2.29. The van der Waals surface area contributed by atoms with Gasteiger partial charge < -0.3 is 14.6 Å². The van der Waals surface area contributed by atoms with Crippen LogP contribution in [0.15, 0.2) is 24.3 Å². The molecule has 1 heterocycles. The fourth-order valence-electron chi connectivity index (χ4n) is 2.41. The number of aromatic hydroxyl groups is 1. The van der Waals surface area contributed by atoms with Gasteiger partial charge in [0.15, 0.2) is 0 Å². The van der Waals surface area contributed by atoms with E-state index in [-0.39, 0.29) is 17.5 Å².